The molecule has 0 heterocycles. The summed E-state index contributed by atoms with van der Waals surface area (Å²) in [5.74, 6) is -0.519. The van der Waals surface area contributed by atoms with Gasteiger partial charge < -0.3 is 19.5 Å². The van der Waals surface area contributed by atoms with Gasteiger partial charge in [-0.2, -0.15) is 5.26 Å². The number of carbonyl (C=O) groups excluding carboxylic acids is 2. The second-order valence-electron chi connectivity index (χ2n) is 5.73. The first-order valence-electron chi connectivity index (χ1n) is 8.73. The predicted octanol–water partition coefficient (Wildman–Crippen LogP) is 4.49. The summed E-state index contributed by atoms with van der Waals surface area (Å²) in [5.41, 5.74) is 0.642. The summed E-state index contributed by atoms with van der Waals surface area (Å²) in [7, 11) is 1.43. The molecule has 0 aliphatic heterocycles. The lowest BCUT2D eigenvalue weighted by Gasteiger charge is -2.11. The molecule has 0 atom stereocenters. The summed E-state index contributed by atoms with van der Waals surface area (Å²) in [5, 5.41) is 12.4. The fraction of sp³-hybridized carbons (Fsp3) is 0.190. The SMILES string of the molecule is CCOC(=O)COc1ccc(/C=C(/C#N)C(=O)Nc2cccc(Cl)c2Cl)cc1OC. The molecule has 0 aliphatic rings. The first-order chi connectivity index (χ1) is 14.4. The van der Waals surface area contributed by atoms with E-state index in [2.05, 4.69) is 5.32 Å². The van der Waals surface area contributed by atoms with E-state index in [0.29, 0.717) is 17.1 Å². The van der Waals surface area contributed by atoms with E-state index < -0.39 is 11.9 Å². The van der Waals surface area contributed by atoms with Gasteiger partial charge in [-0.1, -0.05) is 35.3 Å². The summed E-state index contributed by atoms with van der Waals surface area (Å²) >= 11 is 12.0. The van der Waals surface area contributed by atoms with Crippen molar-refractivity contribution in [3.05, 3.63) is 57.6 Å². The van der Waals surface area contributed by atoms with Gasteiger partial charge in [0.1, 0.15) is 11.6 Å². The summed E-state index contributed by atoms with van der Waals surface area (Å²) < 4.78 is 15.5. The molecule has 9 heteroatoms. The van der Waals surface area contributed by atoms with Gasteiger partial charge in [0.25, 0.3) is 5.91 Å². The van der Waals surface area contributed by atoms with Gasteiger partial charge in [-0.3, -0.25) is 4.79 Å². The van der Waals surface area contributed by atoms with Crippen molar-refractivity contribution >= 4 is 46.8 Å². The van der Waals surface area contributed by atoms with Gasteiger partial charge in [0.15, 0.2) is 18.1 Å². The smallest absolute Gasteiger partial charge is 0.344 e. The summed E-state index contributed by atoms with van der Waals surface area (Å²) in [6, 6.07) is 11.4. The van der Waals surface area contributed by atoms with E-state index in [1.807, 2.05) is 6.07 Å². The van der Waals surface area contributed by atoms with Gasteiger partial charge in [0, 0.05) is 0 Å². The molecule has 2 rings (SSSR count). The standard InChI is InChI=1S/C21H18Cl2N2O5/c1-3-29-19(26)12-30-17-8-7-13(10-18(17)28-2)9-14(11-24)21(27)25-16-6-4-5-15(22)20(16)23/h4-10H,3,12H2,1-2H3,(H,25,27)/b14-9-. The third-order valence-electron chi connectivity index (χ3n) is 3.71. The topological polar surface area (TPSA) is 97.7 Å². The number of rotatable bonds is 8. The van der Waals surface area contributed by atoms with Crippen LogP contribution < -0.4 is 14.8 Å². The zero-order valence-electron chi connectivity index (χ0n) is 16.2. The fourth-order valence-electron chi connectivity index (χ4n) is 2.34. The van der Waals surface area contributed by atoms with Crippen LogP contribution in [0.4, 0.5) is 5.69 Å². The number of hydrogen-bond donors (Lipinski definition) is 1. The molecule has 0 spiro atoms. The number of nitriles is 1. The Morgan fingerprint density at radius 2 is 1.97 bits per heavy atom. The maximum absolute atomic E-state index is 12.5. The van der Waals surface area contributed by atoms with E-state index in [1.54, 1.807) is 43.3 Å². The average molecular weight is 449 g/mol. The second-order valence-corrected chi connectivity index (χ2v) is 6.51. The minimum absolute atomic E-state index is 0.159. The second kappa shape index (κ2) is 11.1. The molecule has 2 aromatic carbocycles. The summed E-state index contributed by atoms with van der Waals surface area (Å²) in [6.45, 7) is 1.68. The average Bonchev–Trinajstić information content (AvgIpc) is 2.74. The van der Waals surface area contributed by atoms with Gasteiger partial charge in [0.05, 0.1) is 29.4 Å². The Labute approximate surface area is 183 Å². The first-order valence-corrected chi connectivity index (χ1v) is 9.48. The lowest BCUT2D eigenvalue weighted by atomic mass is 10.1. The van der Waals surface area contributed by atoms with E-state index in [9.17, 15) is 14.9 Å². The third kappa shape index (κ3) is 6.14. The van der Waals surface area contributed by atoms with Crippen LogP contribution in [0.25, 0.3) is 6.08 Å². The van der Waals surface area contributed by atoms with Crippen LogP contribution in [-0.4, -0.2) is 32.2 Å². The van der Waals surface area contributed by atoms with Crippen molar-refractivity contribution in [3.63, 3.8) is 0 Å². The lowest BCUT2D eigenvalue weighted by Crippen LogP contribution is -2.15. The van der Waals surface area contributed by atoms with Crippen molar-refractivity contribution in [1.29, 1.82) is 5.26 Å². The highest BCUT2D eigenvalue weighted by molar-refractivity contribution is 6.44. The van der Waals surface area contributed by atoms with Crippen molar-refractivity contribution in [3.8, 4) is 17.6 Å². The molecular formula is C21H18Cl2N2O5. The van der Waals surface area contributed by atoms with Crippen LogP contribution in [0.3, 0.4) is 0 Å². The van der Waals surface area contributed by atoms with Crippen molar-refractivity contribution < 1.29 is 23.8 Å². The van der Waals surface area contributed by atoms with E-state index in [1.165, 1.54) is 13.2 Å². The number of nitrogens with one attached hydrogen (secondary N) is 1. The van der Waals surface area contributed by atoms with Gasteiger partial charge in [-0.25, -0.2) is 4.79 Å². The molecule has 0 aliphatic carbocycles. The van der Waals surface area contributed by atoms with Crippen LogP contribution in [0, 0.1) is 11.3 Å². The third-order valence-corrected chi connectivity index (χ3v) is 4.53. The largest absolute Gasteiger partial charge is 0.493 e. The summed E-state index contributed by atoms with van der Waals surface area (Å²) in [6.07, 6.45) is 1.38. The van der Waals surface area contributed by atoms with E-state index in [0.717, 1.165) is 0 Å². The predicted molar refractivity (Wildman–Crippen MR) is 114 cm³/mol. The number of nitrogens with zero attached hydrogens (tertiary/aromatic N) is 1. The molecular weight excluding hydrogens is 431 g/mol. The van der Waals surface area contributed by atoms with Gasteiger partial charge in [-0.15, -0.1) is 0 Å². The Balaban J connectivity index is 2.20. The molecule has 0 bridgehead atoms. The fourth-order valence-corrected chi connectivity index (χ4v) is 2.69. The maximum atomic E-state index is 12.5. The molecule has 7 nitrogen and oxygen atoms in total. The molecule has 2 aromatic rings. The Morgan fingerprint density at radius 3 is 2.63 bits per heavy atom. The van der Waals surface area contributed by atoms with E-state index >= 15 is 0 Å². The number of esters is 1. The first kappa shape index (κ1) is 23.1. The minimum Gasteiger partial charge on any atom is -0.493 e. The molecule has 30 heavy (non-hydrogen) atoms. The van der Waals surface area contributed by atoms with Crippen LogP contribution in [0.2, 0.25) is 10.0 Å². The minimum atomic E-state index is -0.650. The number of amides is 1. The lowest BCUT2D eigenvalue weighted by molar-refractivity contribution is -0.145. The molecule has 1 N–H and O–H groups in total. The normalized spacial score (nSPS) is 10.7. The molecule has 0 unspecified atom stereocenters. The van der Waals surface area contributed by atoms with Gasteiger partial charge >= 0.3 is 5.97 Å². The molecule has 1 amide bonds. The highest BCUT2D eigenvalue weighted by Gasteiger charge is 2.14. The zero-order valence-corrected chi connectivity index (χ0v) is 17.7. The van der Waals surface area contributed by atoms with Crippen LogP contribution in [-0.2, 0) is 14.3 Å². The Kier molecular flexibility index (Phi) is 8.54. The van der Waals surface area contributed by atoms with Gasteiger partial charge in [0.2, 0.25) is 0 Å². The van der Waals surface area contributed by atoms with Crippen molar-refractivity contribution in [2.75, 3.05) is 25.6 Å². The number of benzene rings is 2. The van der Waals surface area contributed by atoms with Crippen LogP contribution in [0.5, 0.6) is 11.5 Å². The Bertz CT molecular complexity index is 1010. The van der Waals surface area contributed by atoms with E-state index in [-0.39, 0.29) is 34.5 Å². The zero-order chi connectivity index (χ0) is 22.1. The molecule has 0 radical (unpaired) electrons. The Hall–Kier alpha value is -3.21. The Morgan fingerprint density at radius 1 is 1.20 bits per heavy atom. The van der Waals surface area contributed by atoms with Gasteiger partial charge in [-0.05, 0) is 42.8 Å². The van der Waals surface area contributed by atoms with Crippen molar-refractivity contribution in [2.45, 2.75) is 6.92 Å². The van der Waals surface area contributed by atoms with E-state index in [4.69, 9.17) is 37.4 Å². The number of ether oxygens (including phenoxy) is 3. The number of anilines is 1. The maximum Gasteiger partial charge on any atom is 0.344 e. The molecule has 0 fully saturated rings. The van der Waals surface area contributed by atoms with Crippen LogP contribution in [0.1, 0.15) is 12.5 Å². The molecule has 0 saturated carbocycles. The molecule has 0 aromatic heterocycles. The number of halogens is 2. The van der Waals surface area contributed by atoms with Crippen LogP contribution >= 0.6 is 23.2 Å². The number of methoxy groups -OCH3 is 1. The highest BCUT2D eigenvalue weighted by atomic mass is 35.5. The molecule has 156 valence electrons. The quantitative estimate of drug-likeness (QED) is 0.362. The number of hydrogen-bond acceptors (Lipinski definition) is 6. The monoisotopic (exact) mass is 448 g/mol. The van der Waals surface area contributed by atoms with Crippen LogP contribution in [0.15, 0.2) is 42.0 Å². The van der Waals surface area contributed by atoms with Crippen molar-refractivity contribution in [1.82, 2.24) is 0 Å². The summed E-state index contributed by atoms with van der Waals surface area (Å²) in [4.78, 5) is 23.9. The number of carbonyl (C=O) groups is 2. The van der Waals surface area contributed by atoms with Crippen molar-refractivity contribution in [2.24, 2.45) is 0 Å². The molecule has 0 saturated heterocycles. The highest BCUT2D eigenvalue weighted by Crippen LogP contribution is 2.31.